The van der Waals surface area contributed by atoms with Crippen LogP contribution >= 0.6 is 0 Å². The molecule has 4 nitrogen and oxygen atoms in total. The smallest absolute Gasteiger partial charge is 0.244 e. The SMILES string of the molecule is CC(=CC(C)N1CCOCC1)C(N)=O. The molecule has 0 aliphatic carbocycles. The Morgan fingerprint density at radius 3 is 2.57 bits per heavy atom. The molecular weight excluding hydrogens is 180 g/mol. The van der Waals surface area contributed by atoms with E-state index >= 15 is 0 Å². The van der Waals surface area contributed by atoms with Crippen LogP contribution in [0.25, 0.3) is 0 Å². The lowest BCUT2D eigenvalue weighted by atomic mass is 10.1. The van der Waals surface area contributed by atoms with Crippen molar-refractivity contribution in [1.82, 2.24) is 4.90 Å². The molecule has 1 saturated heterocycles. The van der Waals surface area contributed by atoms with Crippen LogP contribution in [0.5, 0.6) is 0 Å². The van der Waals surface area contributed by atoms with Gasteiger partial charge in [-0.1, -0.05) is 6.08 Å². The zero-order valence-corrected chi connectivity index (χ0v) is 8.82. The van der Waals surface area contributed by atoms with E-state index in [9.17, 15) is 4.79 Å². The van der Waals surface area contributed by atoms with Crippen molar-refractivity contribution >= 4 is 5.91 Å². The Morgan fingerprint density at radius 2 is 2.07 bits per heavy atom. The Hall–Kier alpha value is -0.870. The quantitative estimate of drug-likeness (QED) is 0.656. The second-order valence-corrected chi connectivity index (χ2v) is 3.60. The average molecular weight is 198 g/mol. The van der Waals surface area contributed by atoms with Gasteiger partial charge in [0.15, 0.2) is 0 Å². The minimum Gasteiger partial charge on any atom is -0.379 e. The molecule has 0 bridgehead atoms. The number of nitrogens with two attached hydrogens (primary N) is 1. The standard InChI is InChI=1S/C10H18N2O2/c1-8(10(11)13)7-9(2)12-3-5-14-6-4-12/h7,9H,3-6H2,1-2H3,(H2,11,13). The maximum atomic E-state index is 10.8. The lowest BCUT2D eigenvalue weighted by Gasteiger charge is -2.30. The van der Waals surface area contributed by atoms with E-state index in [1.165, 1.54) is 0 Å². The minimum absolute atomic E-state index is 0.256. The predicted molar refractivity (Wildman–Crippen MR) is 54.8 cm³/mol. The van der Waals surface area contributed by atoms with Gasteiger partial charge >= 0.3 is 0 Å². The van der Waals surface area contributed by atoms with Crippen molar-refractivity contribution in [2.24, 2.45) is 5.73 Å². The molecule has 0 radical (unpaired) electrons. The van der Waals surface area contributed by atoms with Gasteiger partial charge < -0.3 is 10.5 Å². The highest BCUT2D eigenvalue weighted by Gasteiger charge is 2.15. The molecule has 1 rings (SSSR count). The fourth-order valence-electron chi connectivity index (χ4n) is 1.53. The number of amides is 1. The lowest BCUT2D eigenvalue weighted by Crippen LogP contribution is -2.41. The van der Waals surface area contributed by atoms with Crippen LogP contribution in [0.15, 0.2) is 11.6 Å². The van der Waals surface area contributed by atoms with Gasteiger partial charge in [-0.15, -0.1) is 0 Å². The van der Waals surface area contributed by atoms with E-state index in [1.54, 1.807) is 6.92 Å². The van der Waals surface area contributed by atoms with Crippen LogP contribution in [-0.4, -0.2) is 43.2 Å². The molecule has 1 unspecified atom stereocenters. The summed E-state index contributed by atoms with van der Waals surface area (Å²) in [6, 6.07) is 0.256. The Balaban J connectivity index is 2.51. The summed E-state index contributed by atoms with van der Waals surface area (Å²) in [4.78, 5) is 13.1. The van der Waals surface area contributed by atoms with Crippen LogP contribution in [0.1, 0.15) is 13.8 Å². The maximum Gasteiger partial charge on any atom is 0.244 e. The molecule has 80 valence electrons. The molecule has 1 fully saturated rings. The molecule has 0 spiro atoms. The summed E-state index contributed by atoms with van der Waals surface area (Å²) in [5.74, 6) is -0.342. The molecule has 0 aromatic rings. The topological polar surface area (TPSA) is 55.6 Å². The first-order valence-electron chi connectivity index (χ1n) is 4.91. The van der Waals surface area contributed by atoms with Gasteiger partial charge in [0, 0.05) is 24.7 Å². The molecule has 2 N–H and O–H groups in total. The van der Waals surface area contributed by atoms with Crippen LogP contribution in [0.4, 0.5) is 0 Å². The maximum absolute atomic E-state index is 10.8. The fraction of sp³-hybridized carbons (Fsp3) is 0.700. The Morgan fingerprint density at radius 1 is 1.50 bits per heavy atom. The van der Waals surface area contributed by atoms with Crippen LogP contribution in [0, 0.1) is 0 Å². The molecule has 0 aromatic heterocycles. The zero-order chi connectivity index (χ0) is 10.6. The summed E-state index contributed by atoms with van der Waals surface area (Å²) in [5, 5.41) is 0. The number of hydrogen-bond acceptors (Lipinski definition) is 3. The van der Waals surface area contributed by atoms with Crippen molar-refractivity contribution in [3.05, 3.63) is 11.6 Å². The third kappa shape index (κ3) is 3.12. The Kier molecular flexibility index (Phi) is 4.10. The number of hydrogen-bond donors (Lipinski definition) is 1. The van der Waals surface area contributed by atoms with Gasteiger partial charge in [0.25, 0.3) is 0 Å². The van der Waals surface area contributed by atoms with Crippen LogP contribution in [0.2, 0.25) is 0 Å². The molecule has 1 amide bonds. The van der Waals surface area contributed by atoms with Crippen molar-refractivity contribution in [3.63, 3.8) is 0 Å². The van der Waals surface area contributed by atoms with E-state index in [0.717, 1.165) is 26.3 Å². The largest absolute Gasteiger partial charge is 0.379 e. The van der Waals surface area contributed by atoms with Gasteiger partial charge in [0.2, 0.25) is 5.91 Å². The number of morpholine rings is 1. The predicted octanol–water partition coefficient (Wildman–Crippen LogP) is 0.139. The minimum atomic E-state index is -0.342. The van der Waals surface area contributed by atoms with Crippen molar-refractivity contribution in [1.29, 1.82) is 0 Å². The number of rotatable bonds is 3. The summed E-state index contributed by atoms with van der Waals surface area (Å²) in [6.07, 6.45) is 1.91. The highest BCUT2D eigenvalue weighted by molar-refractivity contribution is 5.91. The number of carbonyl (C=O) groups is 1. The van der Waals surface area contributed by atoms with Crippen LogP contribution in [0.3, 0.4) is 0 Å². The number of carbonyl (C=O) groups excluding carboxylic acids is 1. The number of primary amides is 1. The highest BCUT2D eigenvalue weighted by atomic mass is 16.5. The summed E-state index contributed by atoms with van der Waals surface area (Å²) >= 11 is 0. The summed E-state index contributed by atoms with van der Waals surface area (Å²) in [7, 11) is 0. The highest BCUT2D eigenvalue weighted by Crippen LogP contribution is 2.06. The van der Waals surface area contributed by atoms with E-state index in [1.807, 2.05) is 6.08 Å². The average Bonchev–Trinajstić information content (AvgIpc) is 2.19. The summed E-state index contributed by atoms with van der Waals surface area (Å²) < 4.78 is 5.25. The number of nitrogens with zero attached hydrogens (tertiary/aromatic N) is 1. The molecule has 4 heteroatoms. The molecule has 1 atom stereocenters. The van der Waals surface area contributed by atoms with Crippen molar-refractivity contribution in [2.45, 2.75) is 19.9 Å². The van der Waals surface area contributed by atoms with E-state index in [0.29, 0.717) is 5.57 Å². The summed E-state index contributed by atoms with van der Waals surface area (Å²) in [5.41, 5.74) is 5.79. The van der Waals surface area contributed by atoms with Gasteiger partial charge in [-0.3, -0.25) is 9.69 Å². The number of ether oxygens (including phenoxy) is 1. The second kappa shape index (κ2) is 5.12. The van der Waals surface area contributed by atoms with Crippen LogP contribution < -0.4 is 5.73 Å². The molecule has 14 heavy (non-hydrogen) atoms. The van der Waals surface area contributed by atoms with Gasteiger partial charge in [-0.05, 0) is 13.8 Å². The summed E-state index contributed by atoms with van der Waals surface area (Å²) in [6.45, 7) is 7.20. The fourth-order valence-corrected chi connectivity index (χ4v) is 1.53. The van der Waals surface area contributed by atoms with E-state index in [-0.39, 0.29) is 11.9 Å². The monoisotopic (exact) mass is 198 g/mol. The molecule has 1 aliphatic heterocycles. The van der Waals surface area contributed by atoms with Crippen molar-refractivity contribution < 1.29 is 9.53 Å². The third-order valence-electron chi connectivity index (χ3n) is 2.50. The first-order valence-corrected chi connectivity index (χ1v) is 4.91. The normalized spacial score (nSPS) is 22.0. The van der Waals surface area contributed by atoms with Gasteiger partial charge in [0.1, 0.15) is 0 Å². The molecule has 0 saturated carbocycles. The Labute approximate surface area is 84.7 Å². The van der Waals surface area contributed by atoms with Crippen molar-refractivity contribution in [2.75, 3.05) is 26.3 Å². The van der Waals surface area contributed by atoms with Gasteiger partial charge in [-0.25, -0.2) is 0 Å². The first-order chi connectivity index (χ1) is 6.61. The first kappa shape index (κ1) is 11.2. The Bertz CT molecular complexity index is 232. The molecule has 0 aromatic carbocycles. The van der Waals surface area contributed by atoms with Gasteiger partial charge in [-0.2, -0.15) is 0 Å². The van der Waals surface area contributed by atoms with E-state index in [4.69, 9.17) is 10.5 Å². The molecular formula is C10H18N2O2. The molecule has 1 aliphatic rings. The second-order valence-electron chi connectivity index (χ2n) is 3.60. The van der Waals surface area contributed by atoms with E-state index in [2.05, 4.69) is 11.8 Å². The molecule has 1 heterocycles. The zero-order valence-electron chi connectivity index (χ0n) is 8.82. The third-order valence-corrected chi connectivity index (χ3v) is 2.50. The van der Waals surface area contributed by atoms with Crippen LogP contribution in [-0.2, 0) is 9.53 Å². The van der Waals surface area contributed by atoms with E-state index < -0.39 is 0 Å². The van der Waals surface area contributed by atoms with Crippen molar-refractivity contribution in [3.8, 4) is 0 Å². The lowest BCUT2D eigenvalue weighted by molar-refractivity contribution is -0.114. The van der Waals surface area contributed by atoms with Gasteiger partial charge in [0.05, 0.1) is 13.2 Å².